The van der Waals surface area contributed by atoms with Gasteiger partial charge in [-0.2, -0.15) is 0 Å². The van der Waals surface area contributed by atoms with E-state index in [-0.39, 0.29) is 6.04 Å². The van der Waals surface area contributed by atoms with Crippen molar-refractivity contribution in [2.75, 3.05) is 13.7 Å². The summed E-state index contributed by atoms with van der Waals surface area (Å²) in [5, 5.41) is 8.29. The van der Waals surface area contributed by atoms with Gasteiger partial charge in [-0.1, -0.05) is 18.2 Å². The van der Waals surface area contributed by atoms with Gasteiger partial charge >= 0.3 is 0 Å². The van der Waals surface area contributed by atoms with Gasteiger partial charge < -0.3 is 10.5 Å². The van der Waals surface area contributed by atoms with E-state index in [2.05, 4.69) is 10.2 Å². The number of nitrogens with zero attached hydrogens (tertiary/aromatic N) is 3. The van der Waals surface area contributed by atoms with E-state index in [0.29, 0.717) is 6.61 Å². The number of para-hydroxylation sites is 1. The van der Waals surface area contributed by atoms with Crippen LogP contribution in [0.25, 0.3) is 5.69 Å². The molecule has 18 heavy (non-hydrogen) atoms. The zero-order valence-corrected chi connectivity index (χ0v) is 10.7. The first-order valence-electron chi connectivity index (χ1n) is 5.96. The molecule has 0 aliphatic carbocycles. The van der Waals surface area contributed by atoms with Crippen LogP contribution in [0.3, 0.4) is 0 Å². The van der Waals surface area contributed by atoms with Crippen molar-refractivity contribution in [2.45, 2.75) is 19.4 Å². The smallest absolute Gasteiger partial charge is 0.154 e. The Morgan fingerprint density at radius 1 is 1.28 bits per heavy atom. The summed E-state index contributed by atoms with van der Waals surface area (Å²) in [4.78, 5) is 0. The summed E-state index contributed by atoms with van der Waals surface area (Å²) >= 11 is 0. The minimum absolute atomic E-state index is 0.175. The van der Waals surface area contributed by atoms with Gasteiger partial charge in [-0.15, -0.1) is 10.2 Å². The van der Waals surface area contributed by atoms with Crippen LogP contribution in [0, 0.1) is 6.92 Å². The average Bonchev–Trinajstić information content (AvgIpc) is 2.79. The third-order valence-electron chi connectivity index (χ3n) is 2.83. The number of hydrogen-bond acceptors (Lipinski definition) is 4. The summed E-state index contributed by atoms with van der Waals surface area (Å²) in [6, 6.07) is 9.81. The lowest BCUT2D eigenvalue weighted by atomic mass is 10.2. The molecule has 1 atom stereocenters. The fourth-order valence-corrected chi connectivity index (χ4v) is 1.89. The van der Waals surface area contributed by atoms with E-state index in [1.807, 2.05) is 41.8 Å². The molecule has 0 fully saturated rings. The lowest BCUT2D eigenvalue weighted by Crippen LogP contribution is -2.18. The van der Waals surface area contributed by atoms with Crippen molar-refractivity contribution in [2.24, 2.45) is 5.73 Å². The van der Waals surface area contributed by atoms with Crippen molar-refractivity contribution in [3.05, 3.63) is 42.0 Å². The molecule has 0 aliphatic heterocycles. The van der Waals surface area contributed by atoms with Gasteiger partial charge in [0.15, 0.2) is 5.82 Å². The molecule has 2 aromatic rings. The lowest BCUT2D eigenvalue weighted by molar-refractivity contribution is 0.187. The fourth-order valence-electron chi connectivity index (χ4n) is 1.89. The molecule has 5 heteroatoms. The van der Waals surface area contributed by atoms with Gasteiger partial charge in [-0.05, 0) is 25.5 Å². The van der Waals surface area contributed by atoms with E-state index in [1.165, 1.54) is 0 Å². The topological polar surface area (TPSA) is 66.0 Å². The SMILES string of the molecule is COCCC(N)c1nnc(C)n1-c1ccccc1. The standard InChI is InChI=1S/C13H18N4O/c1-10-15-16-13(12(14)8-9-18-2)17(10)11-6-4-3-5-7-11/h3-7,12H,8-9,14H2,1-2H3. The molecule has 2 rings (SSSR count). The molecule has 96 valence electrons. The molecular formula is C13H18N4O. The van der Waals surface area contributed by atoms with Gasteiger partial charge in [-0.25, -0.2) is 0 Å². The first-order valence-corrected chi connectivity index (χ1v) is 5.96. The quantitative estimate of drug-likeness (QED) is 0.870. The third-order valence-corrected chi connectivity index (χ3v) is 2.83. The Labute approximate surface area is 107 Å². The summed E-state index contributed by atoms with van der Waals surface area (Å²) in [5.41, 5.74) is 7.16. The van der Waals surface area contributed by atoms with Gasteiger partial charge in [-0.3, -0.25) is 4.57 Å². The summed E-state index contributed by atoms with van der Waals surface area (Å²) in [6.45, 7) is 2.54. The first-order chi connectivity index (χ1) is 8.74. The molecule has 1 unspecified atom stereocenters. The molecule has 1 aromatic heterocycles. The third kappa shape index (κ3) is 2.57. The van der Waals surface area contributed by atoms with Crippen LogP contribution in [0.4, 0.5) is 0 Å². The number of nitrogens with two attached hydrogens (primary N) is 1. The number of methoxy groups -OCH3 is 1. The summed E-state index contributed by atoms with van der Waals surface area (Å²) in [5.74, 6) is 1.61. The Balaban J connectivity index is 2.33. The molecule has 0 saturated heterocycles. The normalized spacial score (nSPS) is 12.6. The predicted molar refractivity (Wildman–Crippen MR) is 69.5 cm³/mol. The number of aromatic nitrogens is 3. The maximum Gasteiger partial charge on any atom is 0.154 e. The largest absolute Gasteiger partial charge is 0.385 e. The van der Waals surface area contributed by atoms with Crippen LogP contribution in [0.2, 0.25) is 0 Å². The molecular weight excluding hydrogens is 228 g/mol. The van der Waals surface area contributed by atoms with E-state index < -0.39 is 0 Å². The first kappa shape index (κ1) is 12.7. The van der Waals surface area contributed by atoms with Crippen LogP contribution in [0.15, 0.2) is 30.3 Å². The highest BCUT2D eigenvalue weighted by atomic mass is 16.5. The number of benzene rings is 1. The van der Waals surface area contributed by atoms with E-state index in [0.717, 1.165) is 23.8 Å². The molecule has 0 aliphatic rings. The summed E-state index contributed by atoms with van der Waals surface area (Å²) in [7, 11) is 1.67. The second kappa shape index (κ2) is 5.75. The highest BCUT2D eigenvalue weighted by Crippen LogP contribution is 2.18. The van der Waals surface area contributed by atoms with Crippen molar-refractivity contribution >= 4 is 0 Å². The van der Waals surface area contributed by atoms with E-state index in [1.54, 1.807) is 7.11 Å². The maximum absolute atomic E-state index is 6.13. The molecule has 0 spiro atoms. The second-order valence-corrected chi connectivity index (χ2v) is 4.16. The van der Waals surface area contributed by atoms with Gasteiger partial charge in [0.1, 0.15) is 5.82 Å². The molecule has 0 radical (unpaired) electrons. The van der Waals surface area contributed by atoms with Crippen molar-refractivity contribution in [1.82, 2.24) is 14.8 Å². The van der Waals surface area contributed by atoms with E-state index >= 15 is 0 Å². The number of hydrogen-bond donors (Lipinski definition) is 1. The summed E-state index contributed by atoms with van der Waals surface area (Å²) in [6.07, 6.45) is 0.724. The van der Waals surface area contributed by atoms with E-state index in [4.69, 9.17) is 10.5 Å². The van der Waals surface area contributed by atoms with Gasteiger partial charge in [0, 0.05) is 19.4 Å². The van der Waals surface area contributed by atoms with Crippen LogP contribution in [-0.2, 0) is 4.74 Å². The minimum atomic E-state index is -0.175. The minimum Gasteiger partial charge on any atom is -0.385 e. The van der Waals surface area contributed by atoms with Crippen LogP contribution in [0.1, 0.15) is 24.1 Å². The molecule has 1 heterocycles. The Kier molecular flexibility index (Phi) is 4.07. The van der Waals surface area contributed by atoms with Crippen LogP contribution in [-0.4, -0.2) is 28.5 Å². The zero-order valence-electron chi connectivity index (χ0n) is 10.7. The van der Waals surface area contributed by atoms with Crippen LogP contribution in [0.5, 0.6) is 0 Å². The van der Waals surface area contributed by atoms with E-state index in [9.17, 15) is 0 Å². The zero-order chi connectivity index (χ0) is 13.0. The predicted octanol–water partition coefficient (Wildman–Crippen LogP) is 1.61. The Morgan fingerprint density at radius 3 is 2.67 bits per heavy atom. The fraction of sp³-hybridized carbons (Fsp3) is 0.385. The number of rotatable bonds is 5. The summed E-state index contributed by atoms with van der Waals surface area (Å²) < 4.78 is 7.04. The lowest BCUT2D eigenvalue weighted by Gasteiger charge is -2.13. The van der Waals surface area contributed by atoms with Gasteiger partial charge in [0.25, 0.3) is 0 Å². The maximum atomic E-state index is 6.13. The Bertz CT molecular complexity index is 495. The van der Waals surface area contributed by atoms with Crippen molar-refractivity contribution in [1.29, 1.82) is 0 Å². The molecule has 0 bridgehead atoms. The van der Waals surface area contributed by atoms with Gasteiger partial charge in [0.2, 0.25) is 0 Å². The highest BCUT2D eigenvalue weighted by molar-refractivity contribution is 5.34. The molecule has 0 saturated carbocycles. The number of ether oxygens (including phenoxy) is 1. The van der Waals surface area contributed by atoms with Crippen molar-refractivity contribution in [3.8, 4) is 5.69 Å². The highest BCUT2D eigenvalue weighted by Gasteiger charge is 2.17. The monoisotopic (exact) mass is 246 g/mol. The average molecular weight is 246 g/mol. The van der Waals surface area contributed by atoms with Crippen LogP contribution < -0.4 is 5.73 Å². The molecule has 5 nitrogen and oxygen atoms in total. The van der Waals surface area contributed by atoms with Crippen molar-refractivity contribution < 1.29 is 4.74 Å². The molecule has 2 N–H and O–H groups in total. The van der Waals surface area contributed by atoms with Crippen LogP contribution >= 0.6 is 0 Å². The van der Waals surface area contributed by atoms with Crippen molar-refractivity contribution in [3.63, 3.8) is 0 Å². The number of aryl methyl sites for hydroxylation is 1. The van der Waals surface area contributed by atoms with Gasteiger partial charge in [0.05, 0.1) is 6.04 Å². The Hall–Kier alpha value is -1.72. The molecule has 1 aromatic carbocycles. The molecule has 0 amide bonds. The second-order valence-electron chi connectivity index (χ2n) is 4.16. The Morgan fingerprint density at radius 2 is 2.00 bits per heavy atom.